The fourth-order valence-corrected chi connectivity index (χ4v) is 2.69. The van der Waals surface area contributed by atoms with Crippen LogP contribution in [0.15, 0.2) is 24.3 Å². The number of nitrogens with one attached hydrogen (secondary N) is 2. The second kappa shape index (κ2) is 11.4. The van der Waals surface area contributed by atoms with Crippen molar-refractivity contribution in [1.29, 1.82) is 0 Å². The van der Waals surface area contributed by atoms with Crippen molar-refractivity contribution in [2.24, 2.45) is 0 Å². The van der Waals surface area contributed by atoms with Gasteiger partial charge < -0.3 is 30.0 Å². The molecule has 0 unspecified atom stereocenters. The number of aromatic nitrogens is 2. The molecule has 0 aliphatic heterocycles. The SMILES string of the molecule is CNc1nc(Oc2cccc(OC(F)(F)F)c2)n(CCCOC)c1C(=O)NCCCO. The van der Waals surface area contributed by atoms with Gasteiger partial charge in [0, 0.05) is 46.5 Å². The van der Waals surface area contributed by atoms with E-state index in [4.69, 9.17) is 14.6 Å². The number of carbonyl (C=O) groups is 1. The van der Waals surface area contributed by atoms with E-state index in [9.17, 15) is 18.0 Å². The Balaban J connectivity index is 2.35. The number of halogens is 3. The van der Waals surface area contributed by atoms with Crippen molar-refractivity contribution in [3.63, 3.8) is 0 Å². The zero-order valence-corrected chi connectivity index (χ0v) is 17.2. The molecule has 0 spiro atoms. The monoisotopic (exact) mass is 446 g/mol. The van der Waals surface area contributed by atoms with Gasteiger partial charge in [0.25, 0.3) is 5.91 Å². The van der Waals surface area contributed by atoms with Gasteiger partial charge in [0.1, 0.15) is 11.5 Å². The van der Waals surface area contributed by atoms with E-state index in [2.05, 4.69) is 20.4 Å². The van der Waals surface area contributed by atoms with Crippen LogP contribution < -0.4 is 20.1 Å². The number of alkyl halides is 3. The number of aliphatic hydroxyl groups excluding tert-OH is 1. The molecule has 3 N–H and O–H groups in total. The highest BCUT2D eigenvalue weighted by Gasteiger charge is 2.31. The molecule has 0 aliphatic carbocycles. The number of carbonyl (C=O) groups excluding carboxylic acids is 1. The molecule has 9 nitrogen and oxygen atoms in total. The number of hydrogen-bond acceptors (Lipinski definition) is 7. The van der Waals surface area contributed by atoms with E-state index >= 15 is 0 Å². The minimum atomic E-state index is -4.84. The summed E-state index contributed by atoms with van der Waals surface area (Å²) in [5.74, 6) is -0.601. The summed E-state index contributed by atoms with van der Waals surface area (Å²) >= 11 is 0. The number of amides is 1. The van der Waals surface area contributed by atoms with Gasteiger partial charge in [0.15, 0.2) is 11.5 Å². The minimum absolute atomic E-state index is 0.0110. The maximum absolute atomic E-state index is 12.7. The molecule has 1 aromatic carbocycles. The molecule has 1 heterocycles. The molecule has 0 radical (unpaired) electrons. The van der Waals surface area contributed by atoms with Gasteiger partial charge in [-0.3, -0.25) is 9.36 Å². The van der Waals surface area contributed by atoms with Crippen LogP contribution >= 0.6 is 0 Å². The first-order chi connectivity index (χ1) is 14.8. The number of aliphatic hydroxyl groups is 1. The van der Waals surface area contributed by atoms with Crippen LogP contribution in [-0.4, -0.2) is 60.8 Å². The van der Waals surface area contributed by atoms with Gasteiger partial charge in [-0.25, -0.2) is 0 Å². The molecule has 0 fully saturated rings. The number of hydrogen-bond donors (Lipinski definition) is 3. The molecule has 172 valence electrons. The van der Waals surface area contributed by atoms with E-state index in [-0.39, 0.29) is 36.4 Å². The second-order valence-electron chi connectivity index (χ2n) is 6.30. The van der Waals surface area contributed by atoms with E-state index in [0.717, 1.165) is 12.1 Å². The highest BCUT2D eigenvalue weighted by atomic mass is 19.4. The first kappa shape index (κ1) is 24.3. The van der Waals surface area contributed by atoms with Crippen molar-refractivity contribution in [2.75, 3.05) is 39.2 Å². The van der Waals surface area contributed by atoms with E-state index < -0.39 is 18.0 Å². The lowest BCUT2D eigenvalue weighted by Crippen LogP contribution is -2.28. The topological polar surface area (TPSA) is 107 Å². The molecule has 1 amide bonds. The van der Waals surface area contributed by atoms with Crippen molar-refractivity contribution < 1.29 is 37.3 Å². The molecule has 1 aromatic heterocycles. The number of methoxy groups -OCH3 is 1. The van der Waals surface area contributed by atoms with Crippen molar-refractivity contribution in [3.05, 3.63) is 30.0 Å². The zero-order valence-electron chi connectivity index (χ0n) is 17.2. The summed E-state index contributed by atoms with van der Waals surface area (Å²) in [7, 11) is 3.12. The van der Waals surface area contributed by atoms with Crippen molar-refractivity contribution >= 4 is 11.7 Å². The fraction of sp³-hybridized carbons (Fsp3) is 0.474. The number of benzene rings is 1. The molecule has 2 rings (SSSR count). The van der Waals surface area contributed by atoms with Crippen LogP contribution in [0.25, 0.3) is 0 Å². The van der Waals surface area contributed by atoms with Gasteiger partial charge in [-0.15, -0.1) is 13.2 Å². The summed E-state index contributed by atoms with van der Waals surface area (Å²) in [6.45, 7) is 0.901. The summed E-state index contributed by atoms with van der Waals surface area (Å²) in [6.07, 6.45) is -3.93. The molecular formula is C19H25F3N4O5. The van der Waals surface area contributed by atoms with Crippen LogP contribution in [0.4, 0.5) is 19.0 Å². The third-order valence-corrected chi connectivity index (χ3v) is 3.98. The molecular weight excluding hydrogens is 421 g/mol. The van der Waals surface area contributed by atoms with Gasteiger partial charge in [0.05, 0.1) is 0 Å². The summed E-state index contributed by atoms with van der Waals surface area (Å²) in [5, 5.41) is 14.4. The normalized spacial score (nSPS) is 11.3. The molecule has 0 atom stereocenters. The molecule has 0 aliphatic rings. The average Bonchev–Trinajstić information content (AvgIpc) is 3.04. The maximum Gasteiger partial charge on any atom is 0.573 e. The summed E-state index contributed by atoms with van der Waals surface area (Å²) in [6, 6.07) is 5.01. The van der Waals surface area contributed by atoms with Gasteiger partial charge in [-0.1, -0.05) is 6.07 Å². The van der Waals surface area contributed by atoms with Gasteiger partial charge in [0.2, 0.25) is 0 Å². The predicted molar refractivity (Wildman–Crippen MR) is 106 cm³/mol. The molecule has 31 heavy (non-hydrogen) atoms. The molecule has 0 saturated carbocycles. The number of anilines is 1. The standard InChI is InChI=1S/C19H25F3N4O5/c1-23-16-15(17(28)24-8-4-10-27)26(9-5-11-29-2)18(25-16)30-13-6-3-7-14(12-13)31-19(20,21)22/h3,6-7,12,23,27H,4-5,8-11H2,1-2H3,(H,24,28). The predicted octanol–water partition coefficient (Wildman–Crippen LogP) is 2.76. The third kappa shape index (κ3) is 7.33. The Morgan fingerprint density at radius 1 is 1.26 bits per heavy atom. The van der Waals surface area contributed by atoms with Crippen LogP contribution in [0, 0.1) is 0 Å². The lowest BCUT2D eigenvalue weighted by atomic mass is 10.3. The Labute approximate surface area is 177 Å². The van der Waals surface area contributed by atoms with Crippen molar-refractivity contribution in [3.8, 4) is 17.5 Å². The summed E-state index contributed by atoms with van der Waals surface area (Å²) in [5.41, 5.74) is 0.189. The Morgan fingerprint density at radius 3 is 2.65 bits per heavy atom. The molecule has 0 saturated heterocycles. The Hall–Kier alpha value is -2.99. The van der Waals surface area contributed by atoms with Crippen LogP contribution in [0.3, 0.4) is 0 Å². The number of imidazole rings is 1. The van der Waals surface area contributed by atoms with E-state index in [0.29, 0.717) is 26.0 Å². The summed E-state index contributed by atoms with van der Waals surface area (Å²) in [4.78, 5) is 17.0. The van der Waals surface area contributed by atoms with Crippen molar-refractivity contribution in [2.45, 2.75) is 25.7 Å². The number of rotatable bonds is 12. The first-order valence-corrected chi connectivity index (χ1v) is 9.49. The summed E-state index contributed by atoms with van der Waals surface area (Å²) < 4.78 is 53.7. The fourth-order valence-electron chi connectivity index (χ4n) is 2.69. The van der Waals surface area contributed by atoms with Gasteiger partial charge in [-0.05, 0) is 25.0 Å². The van der Waals surface area contributed by atoms with Gasteiger partial charge in [-0.2, -0.15) is 4.98 Å². The molecule has 0 bridgehead atoms. The minimum Gasteiger partial charge on any atom is -0.425 e. The Kier molecular flexibility index (Phi) is 8.94. The lowest BCUT2D eigenvalue weighted by Gasteiger charge is -2.13. The molecule has 12 heteroatoms. The Morgan fingerprint density at radius 2 is 2.00 bits per heavy atom. The number of ether oxygens (including phenoxy) is 3. The average molecular weight is 446 g/mol. The molecule has 2 aromatic rings. The van der Waals surface area contributed by atoms with Crippen molar-refractivity contribution in [1.82, 2.24) is 14.9 Å². The highest BCUT2D eigenvalue weighted by Crippen LogP contribution is 2.31. The highest BCUT2D eigenvalue weighted by molar-refractivity contribution is 5.97. The van der Waals surface area contributed by atoms with E-state index in [1.54, 1.807) is 14.2 Å². The quantitative estimate of drug-likeness (QED) is 0.431. The van der Waals surface area contributed by atoms with Crippen LogP contribution in [0.5, 0.6) is 17.5 Å². The Bertz CT molecular complexity index is 858. The zero-order chi connectivity index (χ0) is 22.9. The van der Waals surface area contributed by atoms with E-state index in [1.807, 2.05) is 0 Å². The van der Waals surface area contributed by atoms with E-state index in [1.165, 1.54) is 16.7 Å². The van der Waals surface area contributed by atoms with Crippen LogP contribution in [-0.2, 0) is 11.3 Å². The van der Waals surface area contributed by atoms with Crippen LogP contribution in [0.1, 0.15) is 23.3 Å². The maximum atomic E-state index is 12.7. The van der Waals surface area contributed by atoms with Gasteiger partial charge >= 0.3 is 12.4 Å². The second-order valence-corrected chi connectivity index (χ2v) is 6.30. The lowest BCUT2D eigenvalue weighted by molar-refractivity contribution is -0.274. The third-order valence-electron chi connectivity index (χ3n) is 3.98. The van der Waals surface area contributed by atoms with Crippen LogP contribution in [0.2, 0.25) is 0 Å². The number of nitrogens with zero attached hydrogens (tertiary/aromatic N) is 2. The smallest absolute Gasteiger partial charge is 0.425 e. The largest absolute Gasteiger partial charge is 0.573 e. The first-order valence-electron chi connectivity index (χ1n) is 9.49.